The fourth-order valence-corrected chi connectivity index (χ4v) is 3.14. The largest absolute Gasteiger partial charge is 0.355 e. The van der Waals surface area contributed by atoms with Gasteiger partial charge < -0.3 is 5.32 Å². The minimum Gasteiger partial charge on any atom is -0.355 e. The summed E-state index contributed by atoms with van der Waals surface area (Å²) < 4.78 is 13.1. The van der Waals surface area contributed by atoms with E-state index >= 15 is 0 Å². The Labute approximate surface area is 120 Å². The van der Waals surface area contributed by atoms with Gasteiger partial charge in [0, 0.05) is 6.54 Å². The number of amides is 1. The molecule has 0 unspecified atom stereocenters. The monoisotopic (exact) mass is 277 g/mol. The Kier molecular flexibility index (Phi) is 5.16. The average molecular weight is 277 g/mol. The fourth-order valence-electron chi connectivity index (χ4n) is 3.14. The van der Waals surface area contributed by atoms with Crippen molar-refractivity contribution in [3.63, 3.8) is 0 Å². The number of hydrogen-bond donors (Lipinski definition) is 1. The van der Waals surface area contributed by atoms with E-state index in [1.54, 1.807) is 12.1 Å². The zero-order valence-corrected chi connectivity index (χ0v) is 12.3. The average Bonchev–Trinajstić information content (AvgIpc) is 2.95. The molecule has 20 heavy (non-hydrogen) atoms. The first kappa shape index (κ1) is 15.0. The number of hydrogen-bond acceptors (Lipinski definition) is 1. The van der Waals surface area contributed by atoms with Crippen LogP contribution in [0.2, 0.25) is 0 Å². The lowest BCUT2D eigenvalue weighted by molar-refractivity contribution is -0.126. The van der Waals surface area contributed by atoms with E-state index in [0.29, 0.717) is 0 Å². The maximum Gasteiger partial charge on any atom is 0.230 e. The summed E-state index contributed by atoms with van der Waals surface area (Å²) >= 11 is 0. The van der Waals surface area contributed by atoms with Gasteiger partial charge >= 0.3 is 0 Å². The number of carbonyl (C=O) groups excluding carboxylic acids is 1. The number of nitrogens with one attached hydrogen (secondary N) is 1. The Morgan fingerprint density at radius 1 is 1.20 bits per heavy atom. The molecule has 1 aromatic carbocycles. The van der Waals surface area contributed by atoms with Gasteiger partial charge in [-0.25, -0.2) is 4.39 Å². The standard InChI is InChI=1S/C17H24FNO/c1-2-3-6-13-19-16(20)17(11-4-5-12-17)14-7-9-15(18)10-8-14/h7-10H,2-6,11-13H2,1H3,(H,19,20). The number of rotatable bonds is 6. The van der Waals surface area contributed by atoms with Gasteiger partial charge in [-0.05, 0) is 37.0 Å². The summed E-state index contributed by atoms with van der Waals surface area (Å²) in [4.78, 5) is 12.6. The second-order valence-electron chi connectivity index (χ2n) is 5.76. The minimum absolute atomic E-state index is 0.123. The van der Waals surface area contributed by atoms with E-state index in [2.05, 4.69) is 12.2 Å². The number of unbranched alkanes of at least 4 members (excludes halogenated alkanes) is 2. The Balaban J connectivity index is 2.09. The van der Waals surface area contributed by atoms with Crippen LogP contribution in [0.5, 0.6) is 0 Å². The van der Waals surface area contributed by atoms with Crippen molar-refractivity contribution in [2.45, 2.75) is 57.3 Å². The van der Waals surface area contributed by atoms with Crippen LogP contribution in [0.3, 0.4) is 0 Å². The molecule has 1 aliphatic rings. The highest BCUT2D eigenvalue weighted by atomic mass is 19.1. The van der Waals surface area contributed by atoms with E-state index in [-0.39, 0.29) is 11.7 Å². The third-order valence-electron chi connectivity index (χ3n) is 4.35. The Morgan fingerprint density at radius 2 is 1.85 bits per heavy atom. The third-order valence-corrected chi connectivity index (χ3v) is 4.35. The van der Waals surface area contributed by atoms with Crippen molar-refractivity contribution in [2.75, 3.05) is 6.54 Å². The fraction of sp³-hybridized carbons (Fsp3) is 0.588. The molecule has 2 rings (SSSR count). The summed E-state index contributed by atoms with van der Waals surface area (Å²) in [5, 5.41) is 3.08. The summed E-state index contributed by atoms with van der Waals surface area (Å²) in [6.07, 6.45) is 7.21. The molecular weight excluding hydrogens is 253 g/mol. The van der Waals surface area contributed by atoms with Gasteiger partial charge in [-0.3, -0.25) is 4.79 Å². The van der Waals surface area contributed by atoms with Crippen LogP contribution < -0.4 is 5.32 Å². The van der Waals surface area contributed by atoms with Gasteiger partial charge in [0.25, 0.3) is 0 Å². The van der Waals surface area contributed by atoms with Crippen molar-refractivity contribution in [3.8, 4) is 0 Å². The van der Waals surface area contributed by atoms with Crippen LogP contribution in [-0.2, 0) is 10.2 Å². The first-order valence-corrected chi connectivity index (χ1v) is 7.73. The lowest BCUT2D eigenvalue weighted by atomic mass is 9.78. The molecule has 1 aliphatic carbocycles. The van der Waals surface area contributed by atoms with Crippen LogP contribution in [0.4, 0.5) is 4.39 Å². The molecule has 0 radical (unpaired) electrons. The summed E-state index contributed by atoms with van der Waals surface area (Å²) in [6.45, 7) is 2.90. The predicted octanol–water partition coefficient (Wildman–Crippen LogP) is 3.94. The summed E-state index contributed by atoms with van der Waals surface area (Å²) in [5.74, 6) is -0.122. The molecule has 110 valence electrons. The van der Waals surface area contributed by atoms with Crippen molar-refractivity contribution in [1.82, 2.24) is 5.32 Å². The number of carbonyl (C=O) groups is 1. The van der Waals surface area contributed by atoms with Gasteiger partial charge in [-0.15, -0.1) is 0 Å². The minimum atomic E-state index is -0.431. The molecule has 0 spiro atoms. The molecule has 0 saturated heterocycles. The maximum atomic E-state index is 13.1. The molecule has 1 amide bonds. The first-order valence-electron chi connectivity index (χ1n) is 7.73. The molecule has 1 aromatic rings. The molecule has 0 bridgehead atoms. The van der Waals surface area contributed by atoms with Crippen LogP contribution in [-0.4, -0.2) is 12.5 Å². The van der Waals surface area contributed by atoms with E-state index in [9.17, 15) is 9.18 Å². The normalized spacial score (nSPS) is 17.1. The highest BCUT2D eigenvalue weighted by Crippen LogP contribution is 2.41. The van der Waals surface area contributed by atoms with Gasteiger partial charge in [0.05, 0.1) is 5.41 Å². The van der Waals surface area contributed by atoms with Crippen LogP contribution in [0.25, 0.3) is 0 Å². The van der Waals surface area contributed by atoms with Crippen LogP contribution in [0.15, 0.2) is 24.3 Å². The van der Waals surface area contributed by atoms with Gasteiger partial charge in [-0.2, -0.15) is 0 Å². The van der Waals surface area contributed by atoms with Crippen LogP contribution in [0, 0.1) is 5.82 Å². The zero-order valence-electron chi connectivity index (χ0n) is 12.3. The van der Waals surface area contributed by atoms with Crippen molar-refractivity contribution < 1.29 is 9.18 Å². The second kappa shape index (κ2) is 6.87. The van der Waals surface area contributed by atoms with Gasteiger partial charge in [0.1, 0.15) is 5.82 Å². The predicted molar refractivity (Wildman–Crippen MR) is 79.1 cm³/mol. The maximum absolute atomic E-state index is 13.1. The molecular formula is C17H24FNO. The molecule has 0 aromatic heterocycles. The summed E-state index contributed by atoms with van der Waals surface area (Å²) in [5.41, 5.74) is 0.532. The Hall–Kier alpha value is -1.38. The van der Waals surface area contributed by atoms with E-state index in [0.717, 1.165) is 57.1 Å². The van der Waals surface area contributed by atoms with E-state index in [1.807, 2.05) is 0 Å². The smallest absolute Gasteiger partial charge is 0.230 e. The number of benzene rings is 1. The van der Waals surface area contributed by atoms with Crippen LogP contribution in [0.1, 0.15) is 57.4 Å². The van der Waals surface area contributed by atoms with Crippen molar-refractivity contribution >= 4 is 5.91 Å². The molecule has 0 aliphatic heterocycles. The van der Waals surface area contributed by atoms with Crippen LogP contribution >= 0.6 is 0 Å². The molecule has 2 nitrogen and oxygen atoms in total. The summed E-state index contributed by atoms with van der Waals surface area (Å²) in [7, 11) is 0. The Bertz CT molecular complexity index is 435. The van der Waals surface area contributed by atoms with Gasteiger partial charge in [0.2, 0.25) is 5.91 Å². The molecule has 3 heteroatoms. The SMILES string of the molecule is CCCCCNC(=O)C1(c2ccc(F)cc2)CCCC1. The van der Waals surface area contributed by atoms with E-state index in [1.165, 1.54) is 12.1 Å². The van der Waals surface area contributed by atoms with Crippen molar-refractivity contribution in [1.29, 1.82) is 0 Å². The molecule has 1 fully saturated rings. The molecule has 0 heterocycles. The third kappa shape index (κ3) is 3.20. The molecule has 1 N–H and O–H groups in total. The summed E-state index contributed by atoms with van der Waals surface area (Å²) in [6, 6.07) is 6.46. The topological polar surface area (TPSA) is 29.1 Å². The highest BCUT2D eigenvalue weighted by Gasteiger charge is 2.42. The second-order valence-corrected chi connectivity index (χ2v) is 5.76. The van der Waals surface area contributed by atoms with Crippen molar-refractivity contribution in [3.05, 3.63) is 35.6 Å². The van der Waals surface area contributed by atoms with Crippen molar-refractivity contribution in [2.24, 2.45) is 0 Å². The highest BCUT2D eigenvalue weighted by molar-refractivity contribution is 5.88. The van der Waals surface area contributed by atoms with E-state index < -0.39 is 5.41 Å². The van der Waals surface area contributed by atoms with Gasteiger partial charge in [-0.1, -0.05) is 44.7 Å². The quantitative estimate of drug-likeness (QED) is 0.784. The Morgan fingerprint density at radius 3 is 2.45 bits per heavy atom. The zero-order chi connectivity index (χ0) is 14.4. The van der Waals surface area contributed by atoms with Gasteiger partial charge in [0.15, 0.2) is 0 Å². The first-order chi connectivity index (χ1) is 9.69. The molecule has 0 atom stereocenters. The number of halogens is 1. The lowest BCUT2D eigenvalue weighted by Gasteiger charge is -2.28. The lowest BCUT2D eigenvalue weighted by Crippen LogP contribution is -2.43. The van der Waals surface area contributed by atoms with E-state index in [4.69, 9.17) is 0 Å². The molecule has 1 saturated carbocycles.